The van der Waals surface area contributed by atoms with Crippen molar-refractivity contribution < 1.29 is 5.11 Å². The molecule has 19 heavy (non-hydrogen) atoms. The lowest BCUT2D eigenvalue weighted by Crippen LogP contribution is -2.38. The van der Waals surface area contributed by atoms with E-state index in [-0.39, 0.29) is 0 Å². The summed E-state index contributed by atoms with van der Waals surface area (Å²) in [6, 6.07) is 9.44. The molecular weight excluding hydrogens is 304 g/mol. The summed E-state index contributed by atoms with van der Waals surface area (Å²) in [5.74, 6) is 0. The first-order chi connectivity index (χ1) is 9.20. The van der Waals surface area contributed by atoms with E-state index in [0.717, 1.165) is 25.9 Å². The monoisotopic (exact) mass is 326 g/mol. The second kappa shape index (κ2) is 7.27. The van der Waals surface area contributed by atoms with Crippen molar-refractivity contribution in [3.05, 3.63) is 28.7 Å². The molecular formula is C15H23BrN2O. The molecule has 0 amide bonds. The first-order valence-corrected chi connectivity index (χ1v) is 7.86. The minimum absolute atomic E-state index is 0.291. The van der Waals surface area contributed by atoms with E-state index in [4.69, 9.17) is 5.11 Å². The van der Waals surface area contributed by atoms with Gasteiger partial charge in [0.15, 0.2) is 0 Å². The van der Waals surface area contributed by atoms with Gasteiger partial charge in [-0.05, 0) is 54.2 Å². The third-order valence-corrected chi connectivity index (χ3v) is 4.37. The van der Waals surface area contributed by atoms with Crippen LogP contribution in [0.15, 0.2) is 28.7 Å². The molecule has 0 bridgehead atoms. The van der Waals surface area contributed by atoms with Crippen LogP contribution in [0.4, 0.5) is 5.69 Å². The van der Waals surface area contributed by atoms with Crippen LogP contribution in [0.3, 0.4) is 0 Å². The highest BCUT2D eigenvalue weighted by atomic mass is 79.9. The Labute approximate surface area is 124 Å². The van der Waals surface area contributed by atoms with E-state index in [1.54, 1.807) is 0 Å². The Morgan fingerprint density at radius 1 is 1.47 bits per heavy atom. The van der Waals surface area contributed by atoms with E-state index in [0.29, 0.717) is 18.7 Å². The smallest absolute Gasteiger partial charge is 0.0511 e. The zero-order valence-electron chi connectivity index (χ0n) is 11.5. The van der Waals surface area contributed by atoms with Gasteiger partial charge in [-0.15, -0.1) is 0 Å². The Hall–Kier alpha value is -0.580. The molecule has 0 aliphatic carbocycles. The van der Waals surface area contributed by atoms with Crippen molar-refractivity contribution in [2.45, 2.75) is 38.3 Å². The van der Waals surface area contributed by atoms with Gasteiger partial charge in [0, 0.05) is 36.3 Å². The SMILES string of the molecule is CC(CCCO)NC1CCN(c2ccccc2Br)C1. The van der Waals surface area contributed by atoms with Crippen LogP contribution in [0.2, 0.25) is 0 Å². The zero-order chi connectivity index (χ0) is 13.7. The first kappa shape index (κ1) is 14.8. The van der Waals surface area contributed by atoms with Crippen LogP contribution in [0.25, 0.3) is 0 Å². The van der Waals surface area contributed by atoms with Gasteiger partial charge >= 0.3 is 0 Å². The quantitative estimate of drug-likeness (QED) is 0.843. The van der Waals surface area contributed by atoms with Crippen molar-refractivity contribution >= 4 is 21.6 Å². The van der Waals surface area contributed by atoms with Crippen molar-refractivity contribution in [3.63, 3.8) is 0 Å². The average molecular weight is 327 g/mol. The standard InChI is InChI=1S/C15H23BrN2O/c1-12(5-4-10-19)17-13-8-9-18(11-13)15-7-3-2-6-14(15)16/h2-3,6-7,12-13,17,19H,4-5,8-11H2,1H3. The van der Waals surface area contributed by atoms with E-state index in [9.17, 15) is 0 Å². The number of nitrogens with zero attached hydrogens (tertiary/aromatic N) is 1. The fourth-order valence-electron chi connectivity index (χ4n) is 2.71. The lowest BCUT2D eigenvalue weighted by molar-refractivity contribution is 0.274. The van der Waals surface area contributed by atoms with Gasteiger partial charge in [-0.1, -0.05) is 12.1 Å². The van der Waals surface area contributed by atoms with Gasteiger partial charge in [0.1, 0.15) is 0 Å². The molecule has 2 rings (SSSR count). The molecule has 1 heterocycles. The Morgan fingerprint density at radius 2 is 2.26 bits per heavy atom. The van der Waals surface area contributed by atoms with E-state index in [1.807, 2.05) is 0 Å². The van der Waals surface area contributed by atoms with Gasteiger partial charge in [0.05, 0.1) is 5.69 Å². The van der Waals surface area contributed by atoms with Crippen molar-refractivity contribution in [3.8, 4) is 0 Å². The molecule has 2 N–H and O–H groups in total. The lowest BCUT2D eigenvalue weighted by Gasteiger charge is -2.22. The molecule has 0 spiro atoms. The fourth-order valence-corrected chi connectivity index (χ4v) is 3.24. The van der Waals surface area contributed by atoms with Crippen LogP contribution in [0.1, 0.15) is 26.2 Å². The van der Waals surface area contributed by atoms with Crippen LogP contribution in [-0.4, -0.2) is 36.9 Å². The molecule has 1 aromatic rings. The number of hydrogen-bond donors (Lipinski definition) is 2. The largest absolute Gasteiger partial charge is 0.396 e. The fraction of sp³-hybridized carbons (Fsp3) is 0.600. The van der Waals surface area contributed by atoms with E-state index in [1.165, 1.54) is 16.6 Å². The Balaban J connectivity index is 1.85. The van der Waals surface area contributed by atoms with Crippen LogP contribution in [0.5, 0.6) is 0 Å². The Bertz CT molecular complexity index is 399. The minimum atomic E-state index is 0.291. The lowest BCUT2D eigenvalue weighted by atomic mass is 10.1. The van der Waals surface area contributed by atoms with E-state index in [2.05, 4.69) is 57.3 Å². The van der Waals surface area contributed by atoms with Gasteiger partial charge in [-0.3, -0.25) is 0 Å². The number of anilines is 1. The average Bonchev–Trinajstić information content (AvgIpc) is 2.85. The number of aliphatic hydroxyl groups excluding tert-OH is 1. The maximum atomic E-state index is 8.86. The van der Waals surface area contributed by atoms with Crippen LogP contribution in [0, 0.1) is 0 Å². The summed E-state index contributed by atoms with van der Waals surface area (Å²) in [5, 5.41) is 12.5. The molecule has 106 valence electrons. The molecule has 1 fully saturated rings. The molecule has 0 saturated carbocycles. The number of hydrogen-bond acceptors (Lipinski definition) is 3. The summed E-state index contributed by atoms with van der Waals surface area (Å²) in [7, 11) is 0. The predicted octanol–water partition coefficient (Wildman–Crippen LogP) is 2.78. The summed E-state index contributed by atoms with van der Waals surface area (Å²) in [6.45, 7) is 4.66. The van der Waals surface area contributed by atoms with Crippen LogP contribution in [-0.2, 0) is 0 Å². The van der Waals surface area contributed by atoms with E-state index < -0.39 is 0 Å². The molecule has 2 atom stereocenters. The molecule has 2 unspecified atom stereocenters. The highest BCUT2D eigenvalue weighted by Crippen LogP contribution is 2.28. The summed E-state index contributed by atoms with van der Waals surface area (Å²) in [6.07, 6.45) is 3.11. The molecule has 4 heteroatoms. The third kappa shape index (κ3) is 4.20. The van der Waals surface area contributed by atoms with Crippen molar-refractivity contribution in [1.82, 2.24) is 5.32 Å². The van der Waals surface area contributed by atoms with Gasteiger partial charge in [-0.25, -0.2) is 0 Å². The molecule has 3 nitrogen and oxygen atoms in total. The molecule has 1 aliphatic rings. The Morgan fingerprint density at radius 3 is 3.00 bits per heavy atom. The number of halogens is 1. The van der Waals surface area contributed by atoms with Gasteiger partial charge in [-0.2, -0.15) is 0 Å². The summed E-state index contributed by atoms with van der Waals surface area (Å²) < 4.78 is 1.17. The van der Waals surface area contributed by atoms with E-state index >= 15 is 0 Å². The first-order valence-electron chi connectivity index (χ1n) is 7.07. The molecule has 1 aliphatic heterocycles. The Kier molecular flexibility index (Phi) is 5.67. The molecule has 0 aromatic heterocycles. The second-order valence-corrected chi connectivity index (χ2v) is 6.17. The predicted molar refractivity (Wildman–Crippen MR) is 83.7 cm³/mol. The number of para-hydroxylation sites is 1. The minimum Gasteiger partial charge on any atom is -0.396 e. The van der Waals surface area contributed by atoms with Gasteiger partial charge in [0.2, 0.25) is 0 Å². The van der Waals surface area contributed by atoms with Gasteiger partial charge < -0.3 is 15.3 Å². The highest BCUT2D eigenvalue weighted by Gasteiger charge is 2.24. The number of benzene rings is 1. The second-order valence-electron chi connectivity index (χ2n) is 5.32. The molecule has 1 saturated heterocycles. The summed E-state index contributed by atoms with van der Waals surface area (Å²) >= 11 is 3.62. The highest BCUT2D eigenvalue weighted by molar-refractivity contribution is 9.10. The van der Waals surface area contributed by atoms with Crippen molar-refractivity contribution in [2.24, 2.45) is 0 Å². The van der Waals surface area contributed by atoms with Crippen LogP contribution >= 0.6 is 15.9 Å². The maximum Gasteiger partial charge on any atom is 0.0511 e. The number of rotatable bonds is 6. The normalized spacial score (nSPS) is 20.8. The third-order valence-electron chi connectivity index (χ3n) is 3.70. The van der Waals surface area contributed by atoms with Gasteiger partial charge in [0.25, 0.3) is 0 Å². The molecule has 1 aromatic carbocycles. The zero-order valence-corrected chi connectivity index (χ0v) is 13.1. The van der Waals surface area contributed by atoms with Crippen LogP contribution < -0.4 is 10.2 Å². The number of aliphatic hydroxyl groups is 1. The number of nitrogens with one attached hydrogen (secondary N) is 1. The van der Waals surface area contributed by atoms with Crippen molar-refractivity contribution in [1.29, 1.82) is 0 Å². The summed E-state index contributed by atoms with van der Waals surface area (Å²) in [4.78, 5) is 2.43. The van der Waals surface area contributed by atoms with Crippen molar-refractivity contribution in [2.75, 3.05) is 24.6 Å². The summed E-state index contributed by atoms with van der Waals surface area (Å²) in [5.41, 5.74) is 1.29. The molecule has 0 radical (unpaired) electrons. The maximum absolute atomic E-state index is 8.86. The topological polar surface area (TPSA) is 35.5 Å².